The van der Waals surface area contributed by atoms with Crippen molar-refractivity contribution in [2.75, 3.05) is 51.3 Å². The maximum atomic E-state index is 11.4. The third kappa shape index (κ3) is 11.7. The van der Waals surface area contributed by atoms with E-state index in [1.165, 1.54) is 45.0 Å². The minimum absolute atomic E-state index is 0.127. The summed E-state index contributed by atoms with van der Waals surface area (Å²) < 4.78 is 22.8. The van der Waals surface area contributed by atoms with E-state index in [9.17, 15) is 8.42 Å². The maximum absolute atomic E-state index is 11.4. The number of nitrogens with zero attached hydrogens (tertiary/aromatic N) is 2. The third-order valence-electron chi connectivity index (χ3n) is 4.80. The molecule has 0 radical (unpaired) electrons. The molecule has 0 unspecified atom stereocenters. The van der Waals surface area contributed by atoms with E-state index in [0.29, 0.717) is 13.0 Å². The second-order valence-corrected chi connectivity index (χ2v) is 10.5. The van der Waals surface area contributed by atoms with Crippen molar-refractivity contribution < 1.29 is 8.42 Å². The average Bonchev–Trinajstić information content (AvgIpc) is 2.83. The predicted molar refractivity (Wildman–Crippen MR) is 112 cm³/mol. The molecule has 1 heterocycles. The zero-order valence-corrected chi connectivity index (χ0v) is 18.1. The molecule has 1 aliphatic rings. The molecule has 0 aromatic heterocycles. The lowest BCUT2D eigenvalue weighted by Crippen LogP contribution is -2.39. The van der Waals surface area contributed by atoms with Gasteiger partial charge in [-0.25, -0.2) is 8.42 Å². The molecular formula is C19H40N4O2S. The van der Waals surface area contributed by atoms with E-state index in [1.807, 2.05) is 0 Å². The molecular weight excluding hydrogens is 348 g/mol. The van der Waals surface area contributed by atoms with E-state index < -0.39 is 9.84 Å². The first-order valence-electron chi connectivity index (χ1n) is 10.1. The number of rotatable bonds is 10. The van der Waals surface area contributed by atoms with Gasteiger partial charge < -0.3 is 15.5 Å². The fraction of sp³-hybridized carbons (Fsp3) is 0.947. The van der Waals surface area contributed by atoms with Gasteiger partial charge in [-0.3, -0.25) is 4.99 Å². The Morgan fingerprint density at radius 1 is 1.12 bits per heavy atom. The number of hydrogen-bond donors (Lipinski definition) is 2. The maximum Gasteiger partial charge on any atom is 0.191 e. The molecule has 1 fully saturated rings. The number of guanidine groups is 1. The van der Waals surface area contributed by atoms with Crippen LogP contribution in [0.1, 0.15) is 59.3 Å². The molecule has 1 rings (SSSR count). The lowest BCUT2D eigenvalue weighted by molar-refractivity contribution is 0.282. The molecule has 0 aromatic carbocycles. The lowest BCUT2D eigenvalue weighted by atomic mass is 9.90. The summed E-state index contributed by atoms with van der Waals surface area (Å²) >= 11 is 0. The molecule has 0 spiro atoms. The Labute approximate surface area is 161 Å². The smallest absolute Gasteiger partial charge is 0.191 e. The van der Waals surface area contributed by atoms with Crippen LogP contribution in [0.5, 0.6) is 0 Å². The zero-order chi connectivity index (χ0) is 19.5. The van der Waals surface area contributed by atoms with Gasteiger partial charge in [-0.1, -0.05) is 26.7 Å². The molecule has 0 bridgehead atoms. The Balaban J connectivity index is 2.37. The summed E-state index contributed by atoms with van der Waals surface area (Å²) in [4.78, 5) is 7.25. The van der Waals surface area contributed by atoms with Crippen LogP contribution in [0, 0.1) is 5.41 Å². The normalized spacial score (nSPS) is 17.8. The van der Waals surface area contributed by atoms with E-state index in [2.05, 4.69) is 41.3 Å². The standard InChI is InChI=1S/C19H40N4O2S/c1-5-20-18(22-17-19(2,3)11-16-26(4,24)25)21-12-10-15-23-13-8-6-7-9-14-23/h5-17H2,1-4H3,(H2,20,21,22). The van der Waals surface area contributed by atoms with E-state index in [0.717, 1.165) is 32.0 Å². The summed E-state index contributed by atoms with van der Waals surface area (Å²) in [5, 5.41) is 6.70. The van der Waals surface area contributed by atoms with Gasteiger partial charge in [0.15, 0.2) is 5.96 Å². The minimum Gasteiger partial charge on any atom is -0.357 e. The van der Waals surface area contributed by atoms with Gasteiger partial charge in [-0.05, 0) is 57.7 Å². The van der Waals surface area contributed by atoms with Crippen molar-refractivity contribution in [1.82, 2.24) is 15.5 Å². The number of hydrogen-bond acceptors (Lipinski definition) is 4. The fourth-order valence-corrected chi connectivity index (χ4v) is 3.97. The highest BCUT2D eigenvalue weighted by Gasteiger charge is 2.20. The molecule has 26 heavy (non-hydrogen) atoms. The van der Waals surface area contributed by atoms with Gasteiger partial charge in [-0.2, -0.15) is 0 Å². The Morgan fingerprint density at radius 2 is 1.77 bits per heavy atom. The Bertz CT molecular complexity index is 510. The van der Waals surface area contributed by atoms with Crippen molar-refractivity contribution in [3.63, 3.8) is 0 Å². The number of nitrogens with one attached hydrogen (secondary N) is 2. The second-order valence-electron chi connectivity index (χ2n) is 8.28. The Morgan fingerprint density at radius 3 is 2.35 bits per heavy atom. The first kappa shape index (κ1) is 23.2. The van der Waals surface area contributed by atoms with Crippen molar-refractivity contribution in [3.05, 3.63) is 0 Å². The van der Waals surface area contributed by atoms with Crippen LogP contribution in [-0.2, 0) is 9.84 Å². The lowest BCUT2D eigenvalue weighted by Gasteiger charge is -2.23. The van der Waals surface area contributed by atoms with Crippen LogP contribution in [0.4, 0.5) is 0 Å². The Kier molecular flexibility index (Phi) is 10.5. The van der Waals surface area contributed by atoms with Gasteiger partial charge in [0.1, 0.15) is 9.84 Å². The van der Waals surface area contributed by atoms with Crippen LogP contribution in [0.15, 0.2) is 4.99 Å². The average molecular weight is 389 g/mol. The van der Waals surface area contributed by atoms with Crippen molar-refractivity contribution in [1.29, 1.82) is 0 Å². The fourth-order valence-electron chi connectivity index (χ4n) is 3.04. The van der Waals surface area contributed by atoms with Crippen molar-refractivity contribution in [2.24, 2.45) is 10.4 Å². The van der Waals surface area contributed by atoms with Crippen molar-refractivity contribution >= 4 is 15.8 Å². The molecule has 2 N–H and O–H groups in total. The van der Waals surface area contributed by atoms with Crippen LogP contribution < -0.4 is 10.6 Å². The van der Waals surface area contributed by atoms with Crippen LogP contribution in [0.25, 0.3) is 0 Å². The molecule has 0 amide bonds. The van der Waals surface area contributed by atoms with Gasteiger partial charge in [0, 0.05) is 25.9 Å². The molecule has 7 heteroatoms. The number of sulfone groups is 1. The second kappa shape index (κ2) is 11.8. The summed E-state index contributed by atoms with van der Waals surface area (Å²) in [6.07, 6.45) is 8.45. The van der Waals surface area contributed by atoms with Crippen LogP contribution in [0.3, 0.4) is 0 Å². The topological polar surface area (TPSA) is 73.8 Å². The molecule has 154 valence electrons. The summed E-state index contributed by atoms with van der Waals surface area (Å²) in [6.45, 7) is 12.2. The van der Waals surface area contributed by atoms with E-state index in [1.54, 1.807) is 0 Å². The monoisotopic (exact) mass is 388 g/mol. The van der Waals surface area contributed by atoms with Crippen LogP contribution >= 0.6 is 0 Å². The van der Waals surface area contributed by atoms with Gasteiger partial charge in [0.25, 0.3) is 0 Å². The highest BCUT2D eigenvalue weighted by Crippen LogP contribution is 2.21. The number of likely N-dealkylation sites (tertiary alicyclic amines) is 1. The van der Waals surface area contributed by atoms with Gasteiger partial charge in [0.2, 0.25) is 0 Å². The summed E-state index contributed by atoms with van der Waals surface area (Å²) in [6, 6.07) is 0. The number of aliphatic imine (C=N–C) groups is 1. The molecule has 0 atom stereocenters. The van der Waals surface area contributed by atoms with Crippen LogP contribution in [0.2, 0.25) is 0 Å². The van der Waals surface area contributed by atoms with E-state index in [-0.39, 0.29) is 11.2 Å². The summed E-state index contributed by atoms with van der Waals surface area (Å²) in [5.74, 6) is 1.05. The van der Waals surface area contributed by atoms with Gasteiger partial charge in [-0.15, -0.1) is 0 Å². The SMILES string of the molecule is CCNC(=NCC(C)(C)CCS(C)(=O)=O)NCCCN1CCCCCC1. The highest BCUT2D eigenvalue weighted by molar-refractivity contribution is 7.90. The van der Waals surface area contributed by atoms with Gasteiger partial charge in [0.05, 0.1) is 5.75 Å². The third-order valence-corrected chi connectivity index (χ3v) is 5.75. The largest absolute Gasteiger partial charge is 0.357 e. The molecule has 6 nitrogen and oxygen atoms in total. The molecule has 0 aliphatic carbocycles. The predicted octanol–water partition coefficient (Wildman–Crippen LogP) is 2.27. The summed E-state index contributed by atoms with van der Waals surface area (Å²) in [5.41, 5.74) is -0.127. The van der Waals surface area contributed by atoms with Crippen LogP contribution in [-0.4, -0.2) is 70.6 Å². The van der Waals surface area contributed by atoms with Crippen molar-refractivity contribution in [2.45, 2.75) is 59.3 Å². The molecule has 0 aromatic rings. The van der Waals surface area contributed by atoms with E-state index in [4.69, 9.17) is 0 Å². The molecule has 1 aliphatic heterocycles. The molecule has 1 saturated heterocycles. The zero-order valence-electron chi connectivity index (χ0n) is 17.3. The first-order chi connectivity index (χ1) is 12.2. The minimum atomic E-state index is -2.92. The van der Waals surface area contributed by atoms with E-state index >= 15 is 0 Å². The van der Waals surface area contributed by atoms with Gasteiger partial charge >= 0.3 is 0 Å². The van der Waals surface area contributed by atoms with Crippen molar-refractivity contribution in [3.8, 4) is 0 Å². The summed E-state index contributed by atoms with van der Waals surface area (Å²) in [7, 11) is -2.92. The Hall–Kier alpha value is -0.820. The molecule has 0 saturated carbocycles. The first-order valence-corrected chi connectivity index (χ1v) is 12.2. The highest BCUT2D eigenvalue weighted by atomic mass is 32.2. The quantitative estimate of drug-likeness (QED) is 0.341.